The summed E-state index contributed by atoms with van der Waals surface area (Å²) in [5, 5.41) is 3.75. The highest BCUT2D eigenvalue weighted by Gasteiger charge is 2.27. The first-order valence-corrected chi connectivity index (χ1v) is 7.75. The summed E-state index contributed by atoms with van der Waals surface area (Å²) < 4.78 is 0. The summed E-state index contributed by atoms with van der Waals surface area (Å²) >= 11 is 0. The van der Waals surface area contributed by atoms with Gasteiger partial charge in [-0.3, -0.25) is 0 Å². The van der Waals surface area contributed by atoms with Crippen LogP contribution in [0.25, 0.3) is 0 Å². The van der Waals surface area contributed by atoms with Crippen LogP contribution in [0.4, 0.5) is 0 Å². The quantitative estimate of drug-likeness (QED) is 0.792. The molecule has 2 aliphatic rings. The van der Waals surface area contributed by atoms with Gasteiger partial charge in [-0.15, -0.1) is 0 Å². The fourth-order valence-corrected chi connectivity index (χ4v) is 3.65. The molecular weight excluding hydrogens is 208 g/mol. The second-order valence-electron chi connectivity index (χ2n) is 6.22. The van der Waals surface area contributed by atoms with E-state index in [1.54, 1.807) is 0 Å². The summed E-state index contributed by atoms with van der Waals surface area (Å²) in [6.45, 7) is 9.73. The second-order valence-corrected chi connectivity index (χ2v) is 6.22. The fraction of sp³-hybridized carbons (Fsp3) is 1.00. The van der Waals surface area contributed by atoms with Crippen molar-refractivity contribution in [2.75, 3.05) is 26.2 Å². The SMILES string of the molecule is CCNC(CN1CCC(C)C1)C1CCCCC1. The maximum absolute atomic E-state index is 3.75. The molecule has 2 rings (SSSR count). The van der Waals surface area contributed by atoms with Crippen LogP contribution in [0.2, 0.25) is 0 Å². The van der Waals surface area contributed by atoms with Gasteiger partial charge < -0.3 is 10.2 Å². The number of hydrogen-bond donors (Lipinski definition) is 1. The summed E-state index contributed by atoms with van der Waals surface area (Å²) in [6.07, 6.45) is 8.72. The van der Waals surface area contributed by atoms with Crippen molar-refractivity contribution >= 4 is 0 Å². The molecule has 1 saturated carbocycles. The van der Waals surface area contributed by atoms with Gasteiger partial charge in [0.1, 0.15) is 0 Å². The zero-order valence-electron chi connectivity index (χ0n) is 11.8. The van der Waals surface area contributed by atoms with E-state index in [2.05, 4.69) is 24.1 Å². The van der Waals surface area contributed by atoms with Gasteiger partial charge in [0, 0.05) is 19.1 Å². The van der Waals surface area contributed by atoms with E-state index < -0.39 is 0 Å². The lowest BCUT2D eigenvalue weighted by Gasteiger charge is -2.33. The first kappa shape index (κ1) is 13.4. The van der Waals surface area contributed by atoms with Gasteiger partial charge in [0.25, 0.3) is 0 Å². The summed E-state index contributed by atoms with van der Waals surface area (Å²) in [4.78, 5) is 2.69. The molecule has 2 nitrogen and oxygen atoms in total. The molecule has 2 fully saturated rings. The van der Waals surface area contributed by atoms with Crippen LogP contribution < -0.4 is 5.32 Å². The maximum Gasteiger partial charge on any atom is 0.0223 e. The predicted octanol–water partition coefficient (Wildman–Crippen LogP) is 2.89. The third-order valence-electron chi connectivity index (χ3n) is 4.65. The molecule has 1 saturated heterocycles. The van der Waals surface area contributed by atoms with E-state index in [-0.39, 0.29) is 0 Å². The van der Waals surface area contributed by atoms with E-state index in [0.29, 0.717) is 0 Å². The molecule has 0 aromatic carbocycles. The van der Waals surface area contributed by atoms with Crippen LogP contribution in [0.3, 0.4) is 0 Å². The Kier molecular flexibility index (Phi) is 5.30. The summed E-state index contributed by atoms with van der Waals surface area (Å²) in [6, 6.07) is 0.755. The van der Waals surface area contributed by atoms with Gasteiger partial charge in [-0.05, 0) is 44.2 Å². The number of nitrogens with one attached hydrogen (secondary N) is 1. The molecule has 2 atom stereocenters. The van der Waals surface area contributed by atoms with Crippen molar-refractivity contribution in [2.24, 2.45) is 11.8 Å². The number of hydrogen-bond acceptors (Lipinski definition) is 2. The molecule has 0 radical (unpaired) electrons. The number of likely N-dealkylation sites (tertiary alicyclic amines) is 1. The number of rotatable bonds is 5. The first-order chi connectivity index (χ1) is 8.29. The average molecular weight is 238 g/mol. The lowest BCUT2D eigenvalue weighted by Crippen LogP contribution is -2.45. The monoisotopic (exact) mass is 238 g/mol. The molecular formula is C15H30N2. The molecule has 0 spiro atoms. The molecule has 0 aromatic heterocycles. The van der Waals surface area contributed by atoms with Crippen molar-refractivity contribution in [3.8, 4) is 0 Å². The van der Waals surface area contributed by atoms with Crippen molar-refractivity contribution in [1.82, 2.24) is 10.2 Å². The Balaban J connectivity index is 1.82. The predicted molar refractivity (Wildman–Crippen MR) is 74.3 cm³/mol. The normalized spacial score (nSPS) is 29.6. The molecule has 100 valence electrons. The Morgan fingerprint density at radius 1 is 1.18 bits per heavy atom. The van der Waals surface area contributed by atoms with Crippen LogP contribution in [-0.2, 0) is 0 Å². The zero-order valence-corrected chi connectivity index (χ0v) is 11.8. The minimum atomic E-state index is 0.755. The van der Waals surface area contributed by atoms with Gasteiger partial charge in [-0.25, -0.2) is 0 Å². The van der Waals surface area contributed by atoms with Crippen molar-refractivity contribution < 1.29 is 0 Å². The Hall–Kier alpha value is -0.0800. The Bertz CT molecular complexity index is 211. The third-order valence-corrected chi connectivity index (χ3v) is 4.65. The van der Waals surface area contributed by atoms with Crippen LogP contribution in [0.1, 0.15) is 52.4 Å². The molecule has 1 N–H and O–H groups in total. The Morgan fingerprint density at radius 2 is 1.94 bits per heavy atom. The van der Waals surface area contributed by atoms with E-state index in [0.717, 1.165) is 24.4 Å². The number of nitrogens with zero attached hydrogens (tertiary/aromatic N) is 1. The number of likely N-dealkylation sites (N-methyl/N-ethyl adjacent to an activating group) is 1. The van der Waals surface area contributed by atoms with Crippen LogP contribution >= 0.6 is 0 Å². The van der Waals surface area contributed by atoms with Crippen molar-refractivity contribution in [3.63, 3.8) is 0 Å². The van der Waals surface area contributed by atoms with Gasteiger partial charge in [0.15, 0.2) is 0 Å². The summed E-state index contributed by atoms with van der Waals surface area (Å²) in [5.41, 5.74) is 0. The molecule has 1 aliphatic heterocycles. The van der Waals surface area contributed by atoms with E-state index in [4.69, 9.17) is 0 Å². The highest BCUT2D eigenvalue weighted by atomic mass is 15.2. The maximum atomic E-state index is 3.75. The highest BCUT2D eigenvalue weighted by Crippen LogP contribution is 2.27. The third kappa shape index (κ3) is 3.96. The van der Waals surface area contributed by atoms with Crippen LogP contribution in [0.15, 0.2) is 0 Å². The first-order valence-electron chi connectivity index (χ1n) is 7.75. The second kappa shape index (κ2) is 6.75. The van der Waals surface area contributed by atoms with Gasteiger partial charge in [-0.1, -0.05) is 33.1 Å². The van der Waals surface area contributed by atoms with Gasteiger partial charge >= 0.3 is 0 Å². The molecule has 0 amide bonds. The van der Waals surface area contributed by atoms with Gasteiger partial charge in [0.2, 0.25) is 0 Å². The van der Waals surface area contributed by atoms with Crippen LogP contribution in [-0.4, -0.2) is 37.1 Å². The standard InChI is InChI=1S/C15H30N2/c1-3-16-15(14-7-5-4-6-8-14)12-17-10-9-13(2)11-17/h13-16H,3-12H2,1-2H3. The van der Waals surface area contributed by atoms with Crippen molar-refractivity contribution in [1.29, 1.82) is 0 Å². The Morgan fingerprint density at radius 3 is 2.53 bits per heavy atom. The summed E-state index contributed by atoms with van der Waals surface area (Å²) in [5.74, 6) is 1.86. The molecule has 2 unspecified atom stereocenters. The highest BCUT2D eigenvalue weighted by molar-refractivity contribution is 4.84. The smallest absolute Gasteiger partial charge is 0.0223 e. The van der Waals surface area contributed by atoms with Gasteiger partial charge in [-0.2, -0.15) is 0 Å². The summed E-state index contributed by atoms with van der Waals surface area (Å²) in [7, 11) is 0. The molecule has 0 aromatic rings. The van der Waals surface area contributed by atoms with E-state index in [1.165, 1.54) is 58.2 Å². The molecule has 0 bridgehead atoms. The average Bonchev–Trinajstić information content (AvgIpc) is 2.75. The molecule has 2 heteroatoms. The zero-order chi connectivity index (χ0) is 12.1. The van der Waals surface area contributed by atoms with Crippen molar-refractivity contribution in [2.45, 2.75) is 58.4 Å². The van der Waals surface area contributed by atoms with E-state index >= 15 is 0 Å². The molecule has 1 heterocycles. The molecule has 17 heavy (non-hydrogen) atoms. The van der Waals surface area contributed by atoms with Crippen molar-refractivity contribution in [3.05, 3.63) is 0 Å². The largest absolute Gasteiger partial charge is 0.313 e. The Labute approximate surface area is 107 Å². The fourth-order valence-electron chi connectivity index (χ4n) is 3.65. The van der Waals surface area contributed by atoms with Crippen LogP contribution in [0, 0.1) is 11.8 Å². The van der Waals surface area contributed by atoms with Gasteiger partial charge in [0.05, 0.1) is 0 Å². The van der Waals surface area contributed by atoms with E-state index in [1.807, 2.05) is 0 Å². The van der Waals surface area contributed by atoms with E-state index in [9.17, 15) is 0 Å². The minimum Gasteiger partial charge on any atom is -0.313 e. The minimum absolute atomic E-state index is 0.755. The van der Waals surface area contributed by atoms with Crippen LogP contribution in [0.5, 0.6) is 0 Å². The lowest BCUT2D eigenvalue weighted by molar-refractivity contribution is 0.203. The molecule has 1 aliphatic carbocycles. The lowest BCUT2D eigenvalue weighted by atomic mass is 9.83. The topological polar surface area (TPSA) is 15.3 Å².